The Morgan fingerprint density at radius 1 is 0.912 bits per heavy atom. The van der Waals surface area contributed by atoms with Gasteiger partial charge in [0.05, 0.1) is 0 Å². The molecule has 4 rings (SSSR count). The van der Waals surface area contributed by atoms with Crippen LogP contribution in [0.1, 0.15) is 28.4 Å². The molecule has 1 aliphatic heterocycles. The SMILES string of the molecule is CC(=O)Nc1ccccc1CNC(=O)/C(=C/c1ccc2c(c1)OCO2)NC(=O)c1ccccc1. The number of ether oxygens (including phenoxy) is 2. The van der Waals surface area contributed by atoms with Gasteiger partial charge in [-0.2, -0.15) is 0 Å². The van der Waals surface area contributed by atoms with Crippen LogP contribution in [0.4, 0.5) is 5.69 Å². The van der Waals surface area contributed by atoms with E-state index in [0.717, 1.165) is 5.56 Å². The van der Waals surface area contributed by atoms with E-state index in [9.17, 15) is 14.4 Å². The first-order valence-electron chi connectivity index (χ1n) is 10.6. The molecule has 0 radical (unpaired) electrons. The van der Waals surface area contributed by atoms with Crippen LogP contribution in [0.2, 0.25) is 0 Å². The van der Waals surface area contributed by atoms with Crippen molar-refractivity contribution in [2.45, 2.75) is 13.5 Å². The minimum absolute atomic E-state index is 0.0599. The van der Waals surface area contributed by atoms with Crippen LogP contribution in [0.25, 0.3) is 6.08 Å². The molecule has 8 heteroatoms. The smallest absolute Gasteiger partial charge is 0.268 e. The van der Waals surface area contributed by atoms with Crippen molar-refractivity contribution in [3.05, 3.63) is 95.2 Å². The molecule has 0 aliphatic carbocycles. The van der Waals surface area contributed by atoms with E-state index in [1.807, 2.05) is 6.07 Å². The van der Waals surface area contributed by atoms with Crippen molar-refractivity contribution in [2.24, 2.45) is 0 Å². The van der Waals surface area contributed by atoms with E-state index in [1.165, 1.54) is 6.92 Å². The number of amides is 3. The minimum atomic E-state index is -0.487. The summed E-state index contributed by atoms with van der Waals surface area (Å²) in [6, 6.07) is 21.0. The Hall–Kier alpha value is -4.59. The highest BCUT2D eigenvalue weighted by Gasteiger charge is 2.17. The number of fused-ring (bicyclic) bond motifs is 1. The molecule has 0 fully saturated rings. The molecule has 3 aromatic carbocycles. The quantitative estimate of drug-likeness (QED) is 0.471. The summed E-state index contributed by atoms with van der Waals surface area (Å²) >= 11 is 0. The minimum Gasteiger partial charge on any atom is -0.454 e. The summed E-state index contributed by atoms with van der Waals surface area (Å²) in [4.78, 5) is 37.4. The molecule has 34 heavy (non-hydrogen) atoms. The van der Waals surface area contributed by atoms with Crippen molar-refractivity contribution >= 4 is 29.5 Å². The topological polar surface area (TPSA) is 106 Å². The van der Waals surface area contributed by atoms with Gasteiger partial charge in [0.25, 0.3) is 11.8 Å². The lowest BCUT2D eigenvalue weighted by molar-refractivity contribution is -0.118. The fourth-order valence-electron chi connectivity index (χ4n) is 3.37. The molecule has 3 N–H and O–H groups in total. The largest absolute Gasteiger partial charge is 0.454 e. The average Bonchev–Trinajstić information content (AvgIpc) is 3.31. The Morgan fingerprint density at radius 3 is 2.44 bits per heavy atom. The van der Waals surface area contributed by atoms with Gasteiger partial charge in [-0.1, -0.05) is 42.5 Å². The standard InChI is InChI=1S/C26H23N3O5/c1-17(30)28-21-10-6-5-9-20(21)15-27-26(32)22(29-25(31)19-7-3-2-4-8-19)13-18-11-12-23-24(14-18)34-16-33-23/h2-14H,15-16H2,1H3,(H,27,32)(H,28,30)(H,29,31)/b22-13-. The van der Waals surface area contributed by atoms with Gasteiger partial charge >= 0.3 is 0 Å². The predicted molar refractivity (Wildman–Crippen MR) is 127 cm³/mol. The Kier molecular flexibility index (Phi) is 6.88. The second-order valence-electron chi connectivity index (χ2n) is 7.51. The molecule has 0 unspecified atom stereocenters. The highest BCUT2D eigenvalue weighted by Crippen LogP contribution is 2.33. The normalized spacial score (nSPS) is 12.1. The van der Waals surface area contributed by atoms with Crippen molar-refractivity contribution in [1.29, 1.82) is 0 Å². The highest BCUT2D eigenvalue weighted by atomic mass is 16.7. The summed E-state index contributed by atoms with van der Waals surface area (Å²) in [7, 11) is 0. The second-order valence-corrected chi connectivity index (χ2v) is 7.51. The first kappa shape index (κ1) is 22.6. The van der Waals surface area contributed by atoms with Gasteiger partial charge in [-0.15, -0.1) is 0 Å². The molecule has 3 amide bonds. The molecule has 1 aliphatic rings. The molecule has 3 aromatic rings. The zero-order chi connectivity index (χ0) is 23.9. The first-order valence-corrected chi connectivity index (χ1v) is 10.6. The van der Waals surface area contributed by atoms with E-state index < -0.39 is 11.8 Å². The zero-order valence-corrected chi connectivity index (χ0v) is 18.5. The van der Waals surface area contributed by atoms with Crippen molar-refractivity contribution in [3.63, 3.8) is 0 Å². The predicted octanol–water partition coefficient (Wildman–Crippen LogP) is 3.46. The van der Waals surface area contributed by atoms with Crippen LogP contribution in [0, 0.1) is 0 Å². The number of nitrogens with one attached hydrogen (secondary N) is 3. The van der Waals surface area contributed by atoms with Crippen LogP contribution in [0.3, 0.4) is 0 Å². The Balaban J connectivity index is 1.57. The van der Waals surface area contributed by atoms with Crippen LogP contribution >= 0.6 is 0 Å². The molecule has 0 spiro atoms. The summed E-state index contributed by atoms with van der Waals surface area (Å²) in [6.07, 6.45) is 1.57. The molecule has 0 saturated heterocycles. The number of benzene rings is 3. The van der Waals surface area contributed by atoms with Crippen molar-refractivity contribution in [3.8, 4) is 11.5 Å². The van der Waals surface area contributed by atoms with Gasteiger partial charge in [0.1, 0.15) is 5.70 Å². The maximum atomic E-state index is 13.1. The first-order chi connectivity index (χ1) is 16.5. The molecule has 0 saturated carbocycles. The van der Waals surface area contributed by atoms with Gasteiger partial charge in [0.15, 0.2) is 11.5 Å². The number of para-hydroxylation sites is 1. The Bertz CT molecular complexity index is 1250. The van der Waals surface area contributed by atoms with Gasteiger partial charge in [0, 0.05) is 24.7 Å². The van der Waals surface area contributed by atoms with Crippen molar-refractivity contribution in [1.82, 2.24) is 10.6 Å². The van der Waals surface area contributed by atoms with E-state index in [0.29, 0.717) is 28.3 Å². The molecule has 0 bridgehead atoms. The molecule has 0 aromatic heterocycles. The average molecular weight is 457 g/mol. The number of rotatable bonds is 7. The summed E-state index contributed by atoms with van der Waals surface area (Å²) < 4.78 is 10.7. The summed E-state index contributed by atoms with van der Waals surface area (Å²) in [6.45, 7) is 1.70. The van der Waals surface area contributed by atoms with Crippen molar-refractivity contribution < 1.29 is 23.9 Å². The van der Waals surface area contributed by atoms with E-state index in [2.05, 4.69) is 16.0 Å². The van der Waals surface area contributed by atoms with Crippen molar-refractivity contribution in [2.75, 3.05) is 12.1 Å². The van der Waals surface area contributed by atoms with Crippen LogP contribution in [-0.4, -0.2) is 24.5 Å². The molecular weight excluding hydrogens is 434 g/mol. The molecule has 1 heterocycles. The Labute approximate surface area is 196 Å². The third-order valence-corrected chi connectivity index (χ3v) is 5.00. The third kappa shape index (κ3) is 5.60. The molecular formula is C26H23N3O5. The van der Waals surface area contributed by atoms with Gasteiger partial charge in [0.2, 0.25) is 12.7 Å². The lowest BCUT2D eigenvalue weighted by atomic mass is 10.1. The van der Waals surface area contributed by atoms with Crippen LogP contribution in [0.5, 0.6) is 11.5 Å². The molecule has 172 valence electrons. The highest BCUT2D eigenvalue weighted by molar-refractivity contribution is 6.05. The summed E-state index contributed by atoms with van der Waals surface area (Å²) in [5, 5.41) is 8.26. The van der Waals surface area contributed by atoms with E-state index >= 15 is 0 Å². The number of hydrogen-bond acceptors (Lipinski definition) is 5. The van der Waals surface area contributed by atoms with Gasteiger partial charge in [-0.25, -0.2) is 0 Å². The fourth-order valence-corrected chi connectivity index (χ4v) is 3.37. The maximum absolute atomic E-state index is 13.1. The van der Waals surface area contributed by atoms with Gasteiger partial charge in [-0.05, 0) is 47.5 Å². The monoisotopic (exact) mass is 457 g/mol. The second kappa shape index (κ2) is 10.4. The number of hydrogen-bond donors (Lipinski definition) is 3. The summed E-state index contributed by atoms with van der Waals surface area (Å²) in [5.74, 6) is 0.0661. The number of carbonyl (C=O) groups is 3. The van der Waals surface area contributed by atoms with E-state index in [4.69, 9.17) is 9.47 Å². The zero-order valence-electron chi connectivity index (χ0n) is 18.5. The van der Waals surface area contributed by atoms with Crippen LogP contribution in [-0.2, 0) is 16.1 Å². The van der Waals surface area contributed by atoms with E-state index in [-0.39, 0.29) is 24.9 Å². The Morgan fingerprint density at radius 2 is 1.65 bits per heavy atom. The fraction of sp³-hybridized carbons (Fsp3) is 0.115. The molecule has 0 atom stereocenters. The lowest BCUT2D eigenvalue weighted by Gasteiger charge is -2.14. The number of carbonyl (C=O) groups excluding carboxylic acids is 3. The van der Waals surface area contributed by atoms with E-state index in [1.54, 1.807) is 72.8 Å². The van der Waals surface area contributed by atoms with Gasteiger partial charge in [-0.3, -0.25) is 14.4 Å². The molecule has 8 nitrogen and oxygen atoms in total. The third-order valence-electron chi connectivity index (χ3n) is 5.00. The van der Waals surface area contributed by atoms with Gasteiger partial charge < -0.3 is 25.4 Å². The number of anilines is 1. The van der Waals surface area contributed by atoms with Crippen LogP contribution in [0.15, 0.2) is 78.5 Å². The van der Waals surface area contributed by atoms with Crippen LogP contribution < -0.4 is 25.4 Å². The lowest BCUT2D eigenvalue weighted by Crippen LogP contribution is -2.34. The maximum Gasteiger partial charge on any atom is 0.268 e. The summed E-state index contributed by atoms with van der Waals surface area (Å²) in [5.41, 5.74) is 2.46.